The molecule has 3 aromatic carbocycles. The number of imide groups is 1. The maximum Gasteiger partial charge on any atom is 0.338 e. The van der Waals surface area contributed by atoms with Crippen molar-refractivity contribution in [2.24, 2.45) is 11.8 Å². The first-order valence-corrected chi connectivity index (χ1v) is 12.3. The van der Waals surface area contributed by atoms with Crippen molar-refractivity contribution in [1.82, 2.24) is 0 Å². The quantitative estimate of drug-likeness (QED) is 0.148. The number of rotatable bonds is 7. The van der Waals surface area contributed by atoms with Crippen LogP contribution in [-0.4, -0.2) is 35.1 Å². The van der Waals surface area contributed by atoms with Gasteiger partial charge in [0, 0.05) is 17.7 Å². The van der Waals surface area contributed by atoms with Crippen molar-refractivity contribution >= 4 is 34.9 Å². The molecule has 1 aliphatic carbocycles. The molecule has 192 valence electrons. The maximum absolute atomic E-state index is 13.4. The number of benzene rings is 3. The molecule has 0 unspecified atom stereocenters. The van der Waals surface area contributed by atoms with E-state index < -0.39 is 29.2 Å². The number of hydrogen-bond acceptors (Lipinski definition) is 7. The Hall–Kier alpha value is -4.66. The third-order valence-electron chi connectivity index (χ3n) is 7.25. The van der Waals surface area contributed by atoms with Gasteiger partial charge in [0.15, 0.2) is 6.61 Å². The first kappa shape index (κ1) is 25.0. The van der Waals surface area contributed by atoms with Crippen LogP contribution in [0.5, 0.6) is 0 Å². The van der Waals surface area contributed by atoms with Crippen LogP contribution in [0.4, 0.5) is 11.4 Å². The number of nitrogens with zero attached hydrogens (tertiary/aromatic N) is 2. The summed E-state index contributed by atoms with van der Waals surface area (Å²) in [5.74, 6) is -2.54. The molecule has 1 aliphatic heterocycles. The third kappa shape index (κ3) is 4.82. The lowest BCUT2D eigenvalue weighted by Crippen LogP contribution is -2.31. The van der Waals surface area contributed by atoms with Gasteiger partial charge in [-0.15, -0.1) is 0 Å². The lowest BCUT2D eigenvalue weighted by atomic mass is 9.73. The fourth-order valence-corrected chi connectivity index (χ4v) is 5.32. The van der Waals surface area contributed by atoms with E-state index in [0.29, 0.717) is 12.8 Å². The molecule has 1 saturated heterocycles. The summed E-state index contributed by atoms with van der Waals surface area (Å²) in [6, 6.07) is 21.1. The minimum atomic E-state index is -0.814. The summed E-state index contributed by atoms with van der Waals surface area (Å²) in [7, 11) is 0. The molecule has 2 amide bonds. The number of hydrogen-bond donors (Lipinski definition) is 0. The van der Waals surface area contributed by atoms with Gasteiger partial charge in [0.1, 0.15) is 0 Å². The van der Waals surface area contributed by atoms with Crippen LogP contribution < -0.4 is 4.90 Å². The lowest BCUT2D eigenvalue weighted by Gasteiger charge is -2.28. The van der Waals surface area contributed by atoms with E-state index in [4.69, 9.17) is 4.74 Å². The van der Waals surface area contributed by atoms with E-state index in [9.17, 15) is 29.3 Å². The van der Waals surface area contributed by atoms with Crippen molar-refractivity contribution in [2.45, 2.75) is 25.2 Å². The minimum absolute atomic E-state index is 0.0467. The fraction of sp³-hybridized carbons (Fsp3) is 0.241. The molecule has 2 fully saturated rings. The summed E-state index contributed by atoms with van der Waals surface area (Å²) in [4.78, 5) is 63.1. The Kier molecular flexibility index (Phi) is 6.83. The van der Waals surface area contributed by atoms with E-state index in [1.807, 2.05) is 30.3 Å². The van der Waals surface area contributed by atoms with E-state index >= 15 is 0 Å². The molecule has 5 rings (SSSR count). The number of ketones is 1. The first-order chi connectivity index (χ1) is 18.3. The Morgan fingerprint density at radius 2 is 1.58 bits per heavy atom. The zero-order chi connectivity index (χ0) is 26.8. The van der Waals surface area contributed by atoms with Crippen LogP contribution in [0.3, 0.4) is 0 Å². The van der Waals surface area contributed by atoms with Gasteiger partial charge in [-0.1, -0.05) is 48.5 Å². The average molecular weight is 513 g/mol. The van der Waals surface area contributed by atoms with Crippen molar-refractivity contribution in [2.75, 3.05) is 11.5 Å². The molecule has 1 saturated carbocycles. The van der Waals surface area contributed by atoms with Gasteiger partial charge in [-0.2, -0.15) is 0 Å². The Balaban J connectivity index is 1.27. The maximum atomic E-state index is 13.4. The highest BCUT2D eigenvalue weighted by Gasteiger charge is 2.50. The molecule has 0 bridgehead atoms. The van der Waals surface area contributed by atoms with Crippen molar-refractivity contribution in [1.29, 1.82) is 0 Å². The predicted octanol–water partition coefficient (Wildman–Crippen LogP) is 4.71. The van der Waals surface area contributed by atoms with Gasteiger partial charge >= 0.3 is 5.97 Å². The average Bonchev–Trinajstić information content (AvgIpc) is 3.20. The van der Waals surface area contributed by atoms with Gasteiger partial charge in [0.05, 0.1) is 28.0 Å². The molecular weight excluding hydrogens is 488 g/mol. The van der Waals surface area contributed by atoms with Gasteiger partial charge in [-0.3, -0.25) is 29.4 Å². The van der Waals surface area contributed by atoms with Crippen molar-refractivity contribution in [3.05, 3.63) is 106 Å². The lowest BCUT2D eigenvalue weighted by molar-refractivity contribution is -0.384. The van der Waals surface area contributed by atoms with E-state index in [0.717, 1.165) is 23.0 Å². The van der Waals surface area contributed by atoms with E-state index in [2.05, 4.69) is 0 Å². The molecule has 0 aromatic heterocycles. The van der Waals surface area contributed by atoms with Crippen LogP contribution in [0.2, 0.25) is 0 Å². The minimum Gasteiger partial charge on any atom is -0.454 e. The highest BCUT2D eigenvalue weighted by molar-refractivity contribution is 6.22. The summed E-state index contributed by atoms with van der Waals surface area (Å²) in [5, 5.41) is 10.9. The fourth-order valence-electron chi connectivity index (χ4n) is 5.32. The number of Topliss-reactive ketones (excluding diaryl/α,β-unsaturated/α-hetero) is 1. The summed E-state index contributed by atoms with van der Waals surface area (Å²) in [6.07, 6.45) is 2.03. The highest BCUT2D eigenvalue weighted by Crippen LogP contribution is 2.45. The molecule has 2 aliphatic rings. The van der Waals surface area contributed by atoms with Crippen LogP contribution in [-0.2, 0) is 14.3 Å². The monoisotopic (exact) mass is 512 g/mol. The van der Waals surface area contributed by atoms with Gasteiger partial charge < -0.3 is 4.74 Å². The standard InChI is InChI=1S/C29H24N2O7/c32-26(20-8-4-11-23(14-20)31(36)37)17-38-29(35)21-9-5-10-22(15-21)30-27(33)24-13-12-19(16-25(24)28(30)34)18-6-2-1-3-7-18/h1-11,14-15,19,24-25H,12-13,16-17H2/t19-,24-,25+/m1/s1. The molecule has 38 heavy (non-hydrogen) atoms. The Labute approximate surface area is 218 Å². The number of fused-ring (bicyclic) bond motifs is 1. The molecule has 9 heteroatoms. The normalized spacial score (nSPS) is 20.6. The summed E-state index contributed by atoms with van der Waals surface area (Å²) in [5.41, 5.74) is 1.32. The number of non-ortho nitro benzene ring substituents is 1. The van der Waals surface area contributed by atoms with Crippen LogP contribution in [0, 0.1) is 22.0 Å². The van der Waals surface area contributed by atoms with Gasteiger partial charge in [0.2, 0.25) is 17.6 Å². The molecule has 3 aromatic rings. The van der Waals surface area contributed by atoms with Crippen LogP contribution in [0.25, 0.3) is 0 Å². The second kappa shape index (κ2) is 10.4. The number of ether oxygens (including phenoxy) is 1. The van der Waals surface area contributed by atoms with E-state index in [1.165, 1.54) is 30.3 Å². The molecule has 0 N–H and O–H groups in total. The molecule has 0 radical (unpaired) electrons. The zero-order valence-electron chi connectivity index (χ0n) is 20.3. The predicted molar refractivity (Wildman–Crippen MR) is 137 cm³/mol. The number of nitro benzene ring substituents is 1. The van der Waals surface area contributed by atoms with Crippen LogP contribution >= 0.6 is 0 Å². The molecule has 3 atom stereocenters. The van der Waals surface area contributed by atoms with Gasteiger partial charge in [0.25, 0.3) is 5.69 Å². The van der Waals surface area contributed by atoms with Crippen LogP contribution in [0.1, 0.15) is 51.5 Å². The topological polar surface area (TPSA) is 124 Å². The van der Waals surface area contributed by atoms with Crippen molar-refractivity contribution < 1.29 is 28.8 Å². The van der Waals surface area contributed by atoms with Crippen molar-refractivity contribution in [3.63, 3.8) is 0 Å². The number of esters is 1. The SMILES string of the molecule is O=C(COC(=O)c1cccc(N2C(=O)[C@H]3C[C@H](c4ccccc4)CC[C@H]3C2=O)c1)c1cccc([N+](=O)[O-])c1. The van der Waals surface area contributed by atoms with E-state index in [1.54, 1.807) is 12.1 Å². The number of anilines is 1. The smallest absolute Gasteiger partial charge is 0.338 e. The molecule has 0 spiro atoms. The van der Waals surface area contributed by atoms with Gasteiger partial charge in [-0.05, 0) is 48.9 Å². The van der Waals surface area contributed by atoms with Crippen molar-refractivity contribution in [3.8, 4) is 0 Å². The Morgan fingerprint density at radius 1 is 0.868 bits per heavy atom. The van der Waals surface area contributed by atoms with E-state index in [-0.39, 0.29) is 46.2 Å². The van der Waals surface area contributed by atoms with Crippen LogP contribution in [0.15, 0.2) is 78.9 Å². The highest BCUT2D eigenvalue weighted by atomic mass is 16.6. The van der Waals surface area contributed by atoms with Gasteiger partial charge in [-0.25, -0.2) is 4.79 Å². The molecule has 1 heterocycles. The first-order valence-electron chi connectivity index (χ1n) is 12.3. The third-order valence-corrected chi connectivity index (χ3v) is 7.25. The molecular formula is C29H24N2O7. The number of amides is 2. The number of carbonyl (C=O) groups excluding carboxylic acids is 4. The number of carbonyl (C=O) groups is 4. The largest absolute Gasteiger partial charge is 0.454 e. The second-order valence-electron chi connectivity index (χ2n) is 9.50. The summed E-state index contributed by atoms with van der Waals surface area (Å²) >= 11 is 0. The zero-order valence-corrected chi connectivity index (χ0v) is 20.3. The number of nitro groups is 1. The summed E-state index contributed by atoms with van der Waals surface area (Å²) in [6.45, 7) is -0.614. The second-order valence-corrected chi connectivity index (χ2v) is 9.50. The molecule has 9 nitrogen and oxygen atoms in total. The summed E-state index contributed by atoms with van der Waals surface area (Å²) < 4.78 is 5.13. The Morgan fingerprint density at radius 3 is 2.34 bits per heavy atom. The Bertz CT molecular complexity index is 1440.